The zero-order valence-corrected chi connectivity index (χ0v) is 18.3. The molecule has 1 aromatic rings. The molecular formula is C22H33O4P. The van der Waals surface area contributed by atoms with Crippen LogP contribution >= 0.6 is 9.12 Å². The molecule has 1 N–H and O–H groups in total. The molecule has 0 bridgehead atoms. The molecule has 1 aliphatic rings. The molecule has 4 nitrogen and oxygen atoms in total. The average molecular weight is 392 g/mol. The second kappa shape index (κ2) is 9.59. The lowest BCUT2D eigenvalue weighted by Crippen LogP contribution is -2.49. The minimum atomic E-state index is -1.000. The van der Waals surface area contributed by atoms with E-state index in [9.17, 15) is 14.7 Å². The Morgan fingerprint density at radius 2 is 1.59 bits per heavy atom. The van der Waals surface area contributed by atoms with E-state index in [2.05, 4.69) is 6.92 Å². The van der Waals surface area contributed by atoms with Gasteiger partial charge in [-0.05, 0) is 58.1 Å². The SMILES string of the molecule is CCCCC(C)(C(=O)O)C1(C(=O)c2c(C)cc(C)cc2C)CCCC1.O=P. The molecule has 1 saturated carbocycles. The Hall–Kier alpha value is -1.54. The smallest absolute Gasteiger partial charge is 0.310 e. The Kier molecular flexibility index (Phi) is 8.35. The molecule has 27 heavy (non-hydrogen) atoms. The number of rotatable bonds is 7. The summed E-state index contributed by atoms with van der Waals surface area (Å²) in [4.78, 5) is 26.1. The van der Waals surface area contributed by atoms with Crippen LogP contribution in [-0.2, 0) is 9.36 Å². The van der Waals surface area contributed by atoms with E-state index in [-0.39, 0.29) is 5.78 Å². The summed E-state index contributed by atoms with van der Waals surface area (Å²) in [5.41, 5.74) is 2.04. The maximum absolute atomic E-state index is 13.8. The standard InChI is InChI=1S/C22H32O3.HOP/c1-6-7-10-21(5,20(24)25)22(11-8-9-12-22)19(23)18-16(3)13-15(2)14-17(18)4;1-2/h13-14H,6-12H2,1-5H3,(H,24,25);2H. The molecule has 0 spiro atoms. The summed E-state index contributed by atoms with van der Waals surface area (Å²) in [6.07, 6.45) is 5.58. The van der Waals surface area contributed by atoms with Crippen molar-refractivity contribution in [3.63, 3.8) is 0 Å². The Morgan fingerprint density at radius 1 is 1.11 bits per heavy atom. The van der Waals surface area contributed by atoms with Crippen LogP contribution in [0.3, 0.4) is 0 Å². The monoisotopic (exact) mass is 392 g/mol. The van der Waals surface area contributed by atoms with Crippen LogP contribution in [0.1, 0.15) is 85.8 Å². The predicted octanol–water partition coefficient (Wildman–Crippen LogP) is 6.11. The van der Waals surface area contributed by atoms with Crippen molar-refractivity contribution in [2.24, 2.45) is 10.8 Å². The Morgan fingerprint density at radius 3 is 2.00 bits per heavy atom. The van der Waals surface area contributed by atoms with Gasteiger partial charge in [0.15, 0.2) is 5.78 Å². The summed E-state index contributed by atoms with van der Waals surface area (Å²) in [5.74, 6) is -0.764. The molecule has 0 radical (unpaired) electrons. The van der Waals surface area contributed by atoms with Crippen LogP contribution in [0.5, 0.6) is 0 Å². The zero-order chi connectivity index (χ0) is 20.8. The molecule has 0 amide bonds. The van der Waals surface area contributed by atoms with E-state index in [1.807, 2.05) is 39.8 Å². The number of carboxylic acids is 1. The fraction of sp³-hybridized carbons (Fsp3) is 0.636. The van der Waals surface area contributed by atoms with Gasteiger partial charge in [-0.3, -0.25) is 14.2 Å². The maximum Gasteiger partial charge on any atom is 0.310 e. The van der Waals surface area contributed by atoms with Gasteiger partial charge in [0.25, 0.3) is 0 Å². The largest absolute Gasteiger partial charge is 0.481 e. The number of carbonyl (C=O) groups is 2. The predicted molar refractivity (Wildman–Crippen MR) is 110 cm³/mol. The lowest BCUT2D eigenvalue weighted by atomic mass is 9.57. The normalized spacial score (nSPS) is 17.5. The average Bonchev–Trinajstić information content (AvgIpc) is 3.11. The molecule has 2 rings (SSSR count). The van der Waals surface area contributed by atoms with Crippen molar-refractivity contribution in [2.75, 3.05) is 0 Å². The number of carboxylic acid groups (broad SMARTS) is 1. The van der Waals surface area contributed by atoms with Crippen molar-refractivity contribution in [2.45, 2.75) is 79.6 Å². The Balaban J connectivity index is 0.00000176. The van der Waals surface area contributed by atoms with Crippen LogP contribution < -0.4 is 0 Å². The quantitative estimate of drug-likeness (QED) is 0.449. The molecule has 1 unspecified atom stereocenters. The van der Waals surface area contributed by atoms with Crippen LogP contribution in [0.4, 0.5) is 0 Å². The number of ketones is 1. The third kappa shape index (κ3) is 4.32. The highest BCUT2D eigenvalue weighted by Crippen LogP contribution is 2.56. The molecule has 1 aromatic carbocycles. The minimum Gasteiger partial charge on any atom is -0.481 e. The number of hydrogen-bond donors (Lipinski definition) is 1. The second-order valence-corrected chi connectivity index (χ2v) is 8.13. The maximum atomic E-state index is 13.8. The first-order valence-electron chi connectivity index (χ1n) is 9.76. The minimum absolute atomic E-state index is 0.0565. The lowest BCUT2D eigenvalue weighted by molar-refractivity contribution is -0.155. The molecule has 0 saturated heterocycles. The fourth-order valence-corrected chi connectivity index (χ4v) is 4.87. The first-order valence-corrected chi connectivity index (χ1v) is 10.2. The summed E-state index contributed by atoms with van der Waals surface area (Å²) in [5, 5.41) is 10.1. The number of unbranched alkanes of at least 4 members (excludes halogenated alkanes) is 1. The molecular weight excluding hydrogens is 359 g/mol. The van der Waals surface area contributed by atoms with E-state index in [4.69, 9.17) is 4.57 Å². The third-order valence-electron chi connectivity index (χ3n) is 6.35. The summed E-state index contributed by atoms with van der Waals surface area (Å²) >= 11 is 0. The van der Waals surface area contributed by atoms with Gasteiger partial charge < -0.3 is 5.11 Å². The van der Waals surface area contributed by atoms with Gasteiger partial charge in [-0.25, -0.2) is 0 Å². The van der Waals surface area contributed by atoms with Crippen LogP contribution in [0.15, 0.2) is 12.1 Å². The number of hydrogen-bond acceptors (Lipinski definition) is 3. The van der Waals surface area contributed by atoms with E-state index in [0.29, 0.717) is 19.3 Å². The van der Waals surface area contributed by atoms with Crippen molar-refractivity contribution in [1.29, 1.82) is 0 Å². The first-order chi connectivity index (χ1) is 12.7. The van der Waals surface area contributed by atoms with Gasteiger partial charge >= 0.3 is 5.97 Å². The lowest BCUT2D eigenvalue weighted by Gasteiger charge is -2.43. The van der Waals surface area contributed by atoms with Gasteiger partial charge in [-0.2, -0.15) is 0 Å². The molecule has 5 heteroatoms. The highest BCUT2D eigenvalue weighted by Gasteiger charge is 2.58. The summed E-state index contributed by atoms with van der Waals surface area (Å²) in [7, 11) is 1.72. The summed E-state index contributed by atoms with van der Waals surface area (Å²) < 4.78 is 8.06. The van der Waals surface area contributed by atoms with Crippen LogP contribution in [0.2, 0.25) is 0 Å². The van der Waals surface area contributed by atoms with Crippen molar-refractivity contribution >= 4 is 20.9 Å². The van der Waals surface area contributed by atoms with Crippen LogP contribution in [0, 0.1) is 31.6 Å². The van der Waals surface area contributed by atoms with Gasteiger partial charge in [0.1, 0.15) is 9.12 Å². The zero-order valence-electron chi connectivity index (χ0n) is 17.3. The van der Waals surface area contributed by atoms with Crippen molar-refractivity contribution in [3.8, 4) is 0 Å². The van der Waals surface area contributed by atoms with Crippen LogP contribution in [-0.4, -0.2) is 16.9 Å². The topological polar surface area (TPSA) is 71.4 Å². The first kappa shape index (κ1) is 23.5. The molecule has 0 heterocycles. The molecule has 0 aliphatic heterocycles. The number of carbonyl (C=O) groups excluding carboxylic acids is 1. The van der Waals surface area contributed by atoms with E-state index in [0.717, 1.165) is 47.9 Å². The Bertz CT molecular complexity index is 669. The second-order valence-electron chi connectivity index (χ2n) is 8.13. The number of aliphatic carboxylic acids is 1. The molecule has 0 aromatic heterocycles. The third-order valence-corrected chi connectivity index (χ3v) is 6.35. The highest BCUT2D eigenvalue weighted by molar-refractivity contribution is 7.00. The van der Waals surface area contributed by atoms with Crippen molar-refractivity contribution in [3.05, 3.63) is 34.4 Å². The summed E-state index contributed by atoms with van der Waals surface area (Å²) in [6.45, 7) is 9.86. The van der Waals surface area contributed by atoms with E-state index >= 15 is 0 Å². The van der Waals surface area contributed by atoms with Crippen LogP contribution in [0.25, 0.3) is 0 Å². The molecule has 1 atom stereocenters. The number of benzene rings is 1. The van der Waals surface area contributed by atoms with E-state index < -0.39 is 16.8 Å². The Labute approximate surface area is 165 Å². The number of Topliss-reactive ketones (excluding diaryl/α,β-unsaturated/α-hetero) is 1. The highest BCUT2D eigenvalue weighted by atomic mass is 31.0. The van der Waals surface area contributed by atoms with Gasteiger partial charge in [0, 0.05) is 11.0 Å². The van der Waals surface area contributed by atoms with Crippen molar-refractivity contribution in [1.82, 2.24) is 0 Å². The molecule has 1 fully saturated rings. The number of aryl methyl sites for hydroxylation is 3. The molecule has 1 aliphatic carbocycles. The van der Waals surface area contributed by atoms with Gasteiger partial charge in [0.2, 0.25) is 0 Å². The van der Waals surface area contributed by atoms with Crippen molar-refractivity contribution < 1.29 is 19.3 Å². The van der Waals surface area contributed by atoms with Gasteiger partial charge in [-0.15, -0.1) is 0 Å². The summed E-state index contributed by atoms with van der Waals surface area (Å²) in [6, 6.07) is 4.07. The fourth-order valence-electron chi connectivity index (χ4n) is 4.87. The van der Waals surface area contributed by atoms with E-state index in [1.165, 1.54) is 0 Å². The van der Waals surface area contributed by atoms with Gasteiger partial charge in [-0.1, -0.05) is 50.3 Å². The van der Waals surface area contributed by atoms with E-state index in [1.54, 1.807) is 9.12 Å². The van der Waals surface area contributed by atoms with Gasteiger partial charge in [0.05, 0.1) is 5.41 Å². The molecule has 150 valence electrons.